The zero-order valence-electron chi connectivity index (χ0n) is 12.9. The Kier molecular flexibility index (Phi) is 5.43. The first-order valence-corrected chi connectivity index (χ1v) is 7.86. The van der Waals surface area contributed by atoms with Gasteiger partial charge >= 0.3 is 0 Å². The van der Waals surface area contributed by atoms with Crippen molar-refractivity contribution in [3.63, 3.8) is 0 Å². The van der Waals surface area contributed by atoms with Gasteiger partial charge < -0.3 is 4.74 Å². The molecular formula is C19H16ClN3O. The molecule has 24 heavy (non-hydrogen) atoms. The molecule has 0 aliphatic heterocycles. The molecule has 3 rings (SSSR count). The van der Waals surface area contributed by atoms with Crippen molar-refractivity contribution in [1.29, 1.82) is 0 Å². The fourth-order valence-electron chi connectivity index (χ4n) is 2.07. The fraction of sp³-hybridized carbons (Fsp3) is 0.0526. The van der Waals surface area contributed by atoms with Gasteiger partial charge in [0, 0.05) is 0 Å². The smallest absolute Gasteiger partial charge is 0.147 e. The lowest BCUT2D eigenvalue weighted by molar-refractivity contribution is 0.306. The number of hydrazone groups is 1. The van der Waals surface area contributed by atoms with E-state index in [0.29, 0.717) is 17.6 Å². The van der Waals surface area contributed by atoms with Gasteiger partial charge in [-0.15, -0.1) is 0 Å². The van der Waals surface area contributed by atoms with Crippen LogP contribution in [0.15, 0.2) is 77.9 Å². The molecule has 1 heterocycles. The monoisotopic (exact) mass is 337 g/mol. The van der Waals surface area contributed by atoms with Crippen molar-refractivity contribution in [2.45, 2.75) is 6.61 Å². The normalized spacial score (nSPS) is 10.7. The number of ether oxygens (including phenoxy) is 1. The van der Waals surface area contributed by atoms with Crippen molar-refractivity contribution in [3.05, 3.63) is 89.1 Å². The second kappa shape index (κ2) is 8.13. The van der Waals surface area contributed by atoms with E-state index in [1.54, 1.807) is 18.3 Å². The van der Waals surface area contributed by atoms with Crippen molar-refractivity contribution in [3.8, 4) is 5.75 Å². The van der Waals surface area contributed by atoms with E-state index in [4.69, 9.17) is 16.3 Å². The first-order valence-electron chi connectivity index (χ1n) is 7.48. The van der Waals surface area contributed by atoms with E-state index in [1.807, 2.05) is 60.7 Å². The Bertz CT molecular complexity index is 822. The SMILES string of the molecule is Clc1cccc(N/N=C\c2cccc(OCc3ccccc3)c2)n1. The minimum atomic E-state index is 0.423. The summed E-state index contributed by atoms with van der Waals surface area (Å²) in [6, 6.07) is 23.1. The Hall–Kier alpha value is -2.85. The summed E-state index contributed by atoms with van der Waals surface area (Å²) in [6.45, 7) is 0.534. The van der Waals surface area contributed by atoms with Gasteiger partial charge in [0.05, 0.1) is 6.21 Å². The first-order chi connectivity index (χ1) is 11.8. The highest BCUT2D eigenvalue weighted by Crippen LogP contribution is 2.14. The third kappa shape index (κ3) is 4.83. The van der Waals surface area contributed by atoms with Crippen LogP contribution in [-0.4, -0.2) is 11.2 Å². The molecule has 0 atom stereocenters. The molecule has 0 aliphatic rings. The van der Waals surface area contributed by atoms with Gasteiger partial charge in [-0.25, -0.2) is 4.98 Å². The zero-order chi connectivity index (χ0) is 16.6. The summed E-state index contributed by atoms with van der Waals surface area (Å²) in [5, 5.41) is 4.58. The Morgan fingerprint density at radius 3 is 2.67 bits per heavy atom. The van der Waals surface area contributed by atoms with Crippen molar-refractivity contribution in [2.24, 2.45) is 5.10 Å². The maximum Gasteiger partial charge on any atom is 0.147 e. The number of nitrogens with one attached hydrogen (secondary N) is 1. The van der Waals surface area contributed by atoms with E-state index in [1.165, 1.54) is 0 Å². The quantitative estimate of drug-likeness (QED) is 0.401. The summed E-state index contributed by atoms with van der Waals surface area (Å²) in [4.78, 5) is 4.10. The van der Waals surface area contributed by atoms with E-state index in [-0.39, 0.29) is 0 Å². The summed E-state index contributed by atoms with van der Waals surface area (Å²) < 4.78 is 5.80. The number of anilines is 1. The average Bonchev–Trinajstić information content (AvgIpc) is 2.61. The molecule has 0 amide bonds. The van der Waals surface area contributed by atoms with Crippen LogP contribution in [0.4, 0.5) is 5.82 Å². The summed E-state index contributed by atoms with van der Waals surface area (Å²) >= 11 is 5.83. The predicted octanol–water partition coefficient (Wildman–Crippen LogP) is 4.76. The molecule has 2 aromatic carbocycles. The molecule has 0 spiro atoms. The van der Waals surface area contributed by atoms with Crippen LogP contribution in [0.25, 0.3) is 0 Å². The molecule has 1 N–H and O–H groups in total. The number of aromatic nitrogens is 1. The fourth-order valence-corrected chi connectivity index (χ4v) is 2.23. The third-order valence-corrected chi connectivity index (χ3v) is 3.42. The number of nitrogens with zero attached hydrogens (tertiary/aromatic N) is 2. The summed E-state index contributed by atoms with van der Waals surface area (Å²) in [7, 11) is 0. The van der Waals surface area contributed by atoms with E-state index >= 15 is 0 Å². The van der Waals surface area contributed by atoms with Crippen LogP contribution in [0.3, 0.4) is 0 Å². The number of pyridine rings is 1. The Labute approximate surface area is 145 Å². The van der Waals surface area contributed by atoms with Crippen molar-refractivity contribution < 1.29 is 4.74 Å². The lowest BCUT2D eigenvalue weighted by Gasteiger charge is -2.06. The van der Waals surface area contributed by atoms with Crippen LogP contribution in [-0.2, 0) is 6.61 Å². The molecule has 0 saturated heterocycles. The maximum absolute atomic E-state index is 5.83. The van der Waals surface area contributed by atoms with Crippen LogP contribution in [0.5, 0.6) is 5.75 Å². The van der Waals surface area contributed by atoms with Gasteiger partial charge in [-0.2, -0.15) is 5.10 Å². The number of hydrogen-bond donors (Lipinski definition) is 1. The zero-order valence-corrected chi connectivity index (χ0v) is 13.6. The molecule has 0 radical (unpaired) electrons. The largest absolute Gasteiger partial charge is 0.489 e. The van der Waals surface area contributed by atoms with Gasteiger partial charge in [-0.05, 0) is 35.4 Å². The van der Waals surface area contributed by atoms with Crippen molar-refractivity contribution in [1.82, 2.24) is 4.98 Å². The third-order valence-electron chi connectivity index (χ3n) is 3.21. The van der Waals surface area contributed by atoms with E-state index in [2.05, 4.69) is 15.5 Å². The number of hydrogen-bond acceptors (Lipinski definition) is 4. The van der Waals surface area contributed by atoms with Gasteiger partial charge in [0.2, 0.25) is 0 Å². The minimum Gasteiger partial charge on any atom is -0.489 e. The molecule has 120 valence electrons. The van der Waals surface area contributed by atoms with Gasteiger partial charge in [-0.1, -0.05) is 60.1 Å². The summed E-state index contributed by atoms with van der Waals surface area (Å²) in [5.41, 5.74) is 4.90. The first kappa shape index (κ1) is 16.0. The highest BCUT2D eigenvalue weighted by atomic mass is 35.5. The molecular weight excluding hydrogens is 322 g/mol. The van der Waals surface area contributed by atoms with E-state index in [0.717, 1.165) is 16.9 Å². The molecule has 4 nitrogen and oxygen atoms in total. The van der Waals surface area contributed by atoms with Gasteiger partial charge in [0.15, 0.2) is 0 Å². The maximum atomic E-state index is 5.83. The standard InChI is InChI=1S/C19H16ClN3O/c20-18-10-5-11-19(22-18)23-21-13-16-8-4-9-17(12-16)24-14-15-6-2-1-3-7-15/h1-13H,14H2,(H,22,23)/b21-13-. The van der Waals surface area contributed by atoms with Crippen LogP contribution in [0.2, 0.25) is 5.15 Å². The Balaban J connectivity index is 1.59. The Morgan fingerprint density at radius 1 is 1.00 bits per heavy atom. The molecule has 0 aliphatic carbocycles. The van der Waals surface area contributed by atoms with Crippen LogP contribution < -0.4 is 10.2 Å². The Morgan fingerprint density at radius 2 is 1.83 bits per heavy atom. The lowest BCUT2D eigenvalue weighted by Crippen LogP contribution is -1.96. The summed E-state index contributed by atoms with van der Waals surface area (Å²) in [6.07, 6.45) is 1.71. The van der Waals surface area contributed by atoms with Crippen molar-refractivity contribution in [2.75, 3.05) is 5.43 Å². The number of rotatable bonds is 6. The topological polar surface area (TPSA) is 46.5 Å². The second-order valence-electron chi connectivity index (χ2n) is 5.06. The lowest BCUT2D eigenvalue weighted by atomic mass is 10.2. The van der Waals surface area contributed by atoms with Gasteiger partial charge in [0.25, 0.3) is 0 Å². The van der Waals surface area contributed by atoms with E-state index < -0.39 is 0 Å². The highest BCUT2D eigenvalue weighted by Gasteiger charge is 1.97. The van der Waals surface area contributed by atoms with Crippen LogP contribution >= 0.6 is 11.6 Å². The molecule has 5 heteroatoms. The predicted molar refractivity (Wildman–Crippen MR) is 97.7 cm³/mol. The number of halogens is 1. The molecule has 0 unspecified atom stereocenters. The highest BCUT2D eigenvalue weighted by molar-refractivity contribution is 6.29. The van der Waals surface area contributed by atoms with Gasteiger partial charge in [0.1, 0.15) is 23.3 Å². The van der Waals surface area contributed by atoms with Crippen LogP contribution in [0.1, 0.15) is 11.1 Å². The number of benzene rings is 2. The van der Waals surface area contributed by atoms with Crippen molar-refractivity contribution >= 4 is 23.6 Å². The molecule has 0 bridgehead atoms. The average molecular weight is 338 g/mol. The van der Waals surface area contributed by atoms with Crippen LogP contribution in [0, 0.1) is 0 Å². The molecule has 0 saturated carbocycles. The second-order valence-corrected chi connectivity index (χ2v) is 5.45. The molecule has 1 aromatic heterocycles. The minimum absolute atomic E-state index is 0.423. The van der Waals surface area contributed by atoms with Gasteiger partial charge in [-0.3, -0.25) is 5.43 Å². The molecule has 3 aromatic rings. The molecule has 0 fully saturated rings. The summed E-state index contributed by atoms with van der Waals surface area (Å²) in [5.74, 6) is 1.39. The van der Waals surface area contributed by atoms with E-state index in [9.17, 15) is 0 Å².